The molecule has 2 heteroatoms. The van der Waals surface area contributed by atoms with Crippen LogP contribution < -0.4 is 0 Å². The Hall–Kier alpha value is -1.57. The molecular weight excluding hydrogens is 198 g/mol. The molecule has 16 heavy (non-hydrogen) atoms. The van der Waals surface area contributed by atoms with Gasteiger partial charge in [-0.25, -0.2) is 0 Å². The fourth-order valence-electron chi connectivity index (χ4n) is 2.78. The molecule has 1 aliphatic heterocycles. The minimum atomic E-state index is 0.248. The van der Waals surface area contributed by atoms with Crippen LogP contribution in [0.15, 0.2) is 24.3 Å². The topological polar surface area (TPSA) is 22.0 Å². The Morgan fingerprint density at radius 2 is 2.00 bits per heavy atom. The van der Waals surface area contributed by atoms with Gasteiger partial charge in [0.15, 0.2) is 0 Å². The molecule has 82 valence electrons. The number of rotatable bonds is 0. The van der Waals surface area contributed by atoms with Crippen molar-refractivity contribution in [1.82, 2.24) is 4.57 Å². The number of para-hydroxylation sites is 1. The maximum atomic E-state index is 12.1. The average molecular weight is 213 g/mol. The van der Waals surface area contributed by atoms with Crippen LogP contribution in [-0.4, -0.2) is 10.5 Å². The highest BCUT2D eigenvalue weighted by molar-refractivity contribution is 5.96. The zero-order valence-corrected chi connectivity index (χ0v) is 9.66. The van der Waals surface area contributed by atoms with E-state index in [4.69, 9.17) is 0 Å². The van der Waals surface area contributed by atoms with Gasteiger partial charge in [-0.2, -0.15) is 0 Å². The lowest BCUT2D eigenvalue weighted by atomic mass is 9.96. The highest BCUT2D eigenvalue weighted by Gasteiger charge is 2.26. The Morgan fingerprint density at radius 1 is 1.25 bits per heavy atom. The van der Waals surface area contributed by atoms with Gasteiger partial charge in [0.05, 0.1) is 5.52 Å². The van der Waals surface area contributed by atoms with Crippen molar-refractivity contribution in [3.8, 4) is 0 Å². The molecule has 3 rings (SSSR count). The number of hydrogen-bond acceptors (Lipinski definition) is 1. The molecule has 2 heterocycles. The summed E-state index contributed by atoms with van der Waals surface area (Å²) in [5.74, 6) is 0.723. The van der Waals surface area contributed by atoms with Gasteiger partial charge in [-0.05, 0) is 30.9 Å². The Labute approximate surface area is 94.9 Å². The molecule has 0 saturated carbocycles. The van der Waals surface area contributed by atoms with E-state index in [0.29, 0.717) is 12.3 Å². The first-order valence-electron chi connectivity index (χ1n) is 5.80. The lowest BCUT2D eigenvalue weighted by Gasteiger charge is -2.20. The third kappa shape index (κ3) is 1.16. The summed E-state index contributed by atoms with van der Waals surface area (Å²) in [4.78, 5) is 12.1. The van der Waals surface area contributed by atoms with Crippen molar-refractivity contribution in [3.63, 3.8) is 0 Å². The van der Waals surface area contributed by atoms with Crippen LogP contribution in [0.1, 0.15) is 29.4 Å². The molecule has 2 nitrogen and oxygen atoms in total. The van der Waals surface area contributed by atoms with E-state index in [2.05, 4.69) is 19.9 Å². The summed E-state index contributed by atoms with van der Waals surface area (Å²) < 4.78 is 1.92. The van der Waals surface area contributed by atoms with Gasteiger partial charge < -0.3 is 0 Å². The molecule has 1 aromatic heterocycles. The number of benzene rings is 1. The van der Waals surface area contributed by atoms with E-state index >= 15 is 0 Å². The van der Waals surface area contributed by atoms with Gasteiger partial charge in [0, 0.05) is 17.5 Å². The predicted molar refractivity (Wildman–Crippen MR) is 64.8 cm³/mol. The third-order valence-corrected chi connectivity index (χ3v) is 3.57. The van der Waals surface area contributed by atoms with Crippen LogP contribution in [0.3, 0.4) is 0 Å². The second kappa shape index (κ2) is 3.21. The highest BCUT2D eigenvalue weighted by Crippen LogP contribution is 2.31. The van der Waals surface area contributed by atoms with Crippen molar-refractivity contribution in [1.29, 1.82) is 0 Å². The lowest BCUT2D eigenvalue weighted by Crippen LogP contribution is -2.24. The highest BCUT2D eigenvalue weighted by atomic mass is 16.2. The van der Waals surface area contributed by atoms with Crippen LogP contribution in [0.25, 0.3) is 10.9 Å². The largest absolute Gasteiger partial charge is 0.284 e. The Kier molecular flexibility index (Phi) is 1.93. The monoisotopic (exact) mass is 213 g/mol. The molecule has 0 amide bonds. The first-order valence-corrected chi connectivity index (χ1v) is 5.80. The standard InChI is InChI=1S/C14H15NO/c1-9-7-13-10(2)11-5-3-4-6-12(11)15(13)14(16)8-9/h3-6,9H,7-8H2,1-2H3/t9-/m0/s1. The van der Waals surface area contributed by atoms with E-state index in [1.54, 1.807) is 0 Å². The molecule has 0 unspecified atom stereocenters. The Morgan fingerprint density at radius 3 is 2.81 bits per heavy atom. The van der Waals surface area contributed by atoms with Crippen molar-refractivity contribution in [2.24, 2.45) is 5.92 Å². The van der Waals surface area contributed by atoms with Gasteiger partial charge >= 0.3 is 0 Å². The van der Waals surface area contributed by atoms with Crippen LogP contribution in [-0.2, 0) is 6.42 Å². The van der Waals surface area contributed by atoms with Gasteiger partial charge in [0.2, 0.25) is 5.91 Å². The summed E-state index contributed by atoms with van der Waals surface area (Å²) in [6.07, 6.45) is 1.69. The van der Waals surface area contributed by atoms with Crippen molar-refractivity contribution in [3.05, 3.63) is 35.5 Å². The summed E-state index contributed by atoms with van der Waals surface area (Å²) >= 11 is 0. The smallest absolute Gasteiger partial charge is 0.231 e. The maximum absolute atomic E-state index is 12.1. The number of hydrogen-bond donors (Lipinski definition) is 0. The summed E-state index contributed by atoms with van der Waals surface area (Å²) in [6.45, 7) is 4.28. The van der Waals surface area contributed by atoms with Crippen molar-refractivity contribution < 1.29 is 4.79 Å². The van der Waals surface area contributed by atoms with E-state index in [1.165, 1.54) is 16.6 Å². The van der Waals surface area contributed by atoms with E-state index in [9.17, 15) is 4.79 Å². The van der Waals surface area contributed by atoms with E-state index < -0.39 is 0 Å². The van der Waals surface area contributed by atoms with Gasteiger partial charge in [0.1, 0.15) is 0 Å². The lowest BCUT2D eigenvalue weighted by molar-refractivity contribution is 0.0866. The van der Waals surface area contributed by atoms with Crippen LogP contribution >= 0.6 is 0 Å². The quantitative estimate of drug-likeness (QED) is 0.658. The number of carbonyl (C=O) groups excluding carboxylic acids is 1. The molecule has 0 bridgehead atoms. The summed E-state index contributed by atoms with van der Waals surface area (Å²) in [6, 6.07) is 8.18. The van der Waals surface area contributed by atoms with E-state index in [0.717, 1.165) is 11.9 Å². The molecule has 0 radical (unpaired) electrons. The van der Waals surface area contributed by atoms with Crippen LogP contribution in [0, 0.1) is 12.8 Å². The zero-order chi connectivity index (χ0) is 11.3. The molecule has 1 atom stereocenters. The fraction of sp³-hybridized carbons (Fsp3) is 0.357. The number of fused-ring (bicyclic) bond motifs is 3. The third-order valence-electron chi connectivity index (χ3n) is 3.57. The average Bonchev–Trinajstić information content (AvgIpc) is 2.54. The van der Waals surface area contributed by atoms with Gasteiger partial charge in [-0.1, -0.05) is 25.1 Å². The van der Waals surface area contributed by atoms with Crippen LogP contribution in [0.2, 0.25) is 0 Å². The number of aryl methyl sites for hydroxylation is 1. The van der Waals surface area contributed by atoms with Crippen molar-refractivity contribution >= 4 is 16.8 Å². The molecule has 1 aromatic carbocycles. The van der Waals surface area contributed by atoms with E-state index in [-0.39, 0.29) is 5.91 Å². The maximum Gasteiger partial charge on any atom is 0.231 e. The SMILES string of the molecule is Cc1c2n(c3ccccc13)C(=O)C[C@@H](C)C2. The van der Waals surface area contributed by atoms with Crippen LogP contribution in [0.4, 0.5) is 0 Å². The van der Waals surface area contributed by atoms with Crippen molar-refractivity contribution in [2.75, 3.05) is 0 Å². The van der Waals surface area contributed by atoms with Gasteiger partial charge in [-0.3, -0.25) is 9.36 Å². The first-order chi connectivity index (χ1) is 7.68. The normalized spacial score (nSPS) is 20.1. The minimum absolute atomic E-state index is 0.248. The molecule has 0 saturated heterocycles. The van der Waals surface area contributed by atoms with Gasteiger partial charge in [0.25, 0.3) is 0 Å². The van der Waals surface area contributed by atoms with Crippen molar-refractivity contribution in [2.45, 2.75) is 26.7 Å². The van der Waals surface area contributed by atoms with Gasteiger partial charge in [-0.15, -0.1) is 0 Å². The Bertz CT molecular complexity index is 580. The molecule has 0 fully saturated rings. The zero-order valence-electron chi connectivity index (χ0n) is 9.66. The number of nitrogens with zero attached hydrogens (tertiary/aromatic N) is 1. The fourth-order valence-corrected chi connectivity index (χ4v) is 2.78. The summed E-state index contributed by atoms with van der Waals surface area (Å²) in [7, 11) is 0. The predicted octanol–water partition coefficient (Wildman–Crippen LogP) is 3.17. The molecule has 2 aromatic rings. The van der Waals surface area contributed by atoms with Crippen LogP contribution in [0.5, 0.6) is 0 Å². The molecular formula is C14H15NO. The molecule has 0 spiro atoms. The minimum Gasteiger partial charge on any atom is -0.284 e. The summed E-state index contributed by atoms with van der Waals surface area (Å²) in [5.41, 5.74) is 3.56. The second-order valence-electron chi connectivity index (χ2n) is 4.83. The molecule has 0 aliphatic carbocycles. The Balaban J connectivity index is 2.39. The molecule has 1 aliphatic rings. The number of aromatic nitrogens is 1. The number of carbonyl (C=O) groups is 1. The second-order valence-corrected chi connectivity index (χ2v) is 4.83. The first kappa shape index (κ1) is 9.64. The van der Waals surface area contributed by atoms with E-state index in [1.807, 2.05) is 22.8 Å². The summed E-state index contributed by atoms with van der Waals surface area (Å²) in [5, 5.41) is 1.22. The molecule has 0 N–H and O–H groups in total.